The summed E-state index contributed by atoms with van der Waals surface area (Å²) in [5.74, 6) is -0.176. The lowest BCUT2D eigenvalue weighted by Gasteiger charge is -2.10. The van der Waals surface area contributed by atoms with Crippen LogP contribution in [0.3, 0.4) is 0 Å². The average molecular weight is 306 g/mol. The van der Waals surface area contributed by atoms with Crippen LogP contribution in [-0.4, -0.2) is 12.6 Å². The molecule has 1 aromatic heterocycles. The summed E-state index contributed by atoms with van der Waals surface area (Å²) in [6.45, 7) is 4.27. The molecule has 0 aliphatic heterocycles. The second-order valence-corrected chi connectivity index (χ2v) is 6.15. The molecule has 0 radical (unpaired) electrons. The molecule has 16 heavy (non-hydrogen) atoms. The van der Waals surface area contributed by atoms with Crippen LogP contribution in [0.5, 0.6) is 0 Å². The Morgan fingerprint density at radius 2 is 2.38 bits per heavy atom. The van der Waals surface area contributed by atoms with Crippen LogP contribution >= 0.6 is 27.3 Å². The smallest absolute Gasteiger partial charge is 0.305 e. The number of hydrogen-bond acceptors (Lipinski definition) is 4. The number of carbonyl (C=O) groups is 1. The van der Waals surface area contributed by atoms with Gasteiger partial charge in [-0.2, -0.15) is 0 Å². The minimum Gasteiger partial charge on any atom is -0.466 e. The molecular formula is C11H16BrNO2S. The molecule has 3 nitrogen and oxygen atoms in total. The van der Waals surface area contributed by atoms with Crippen molar-refractivity contribution in [3.63, 3.8) is 0 Å². The van der Waals surface area contributed by atoms with Crippen molar-refractivity contribution in [2.45, 2.75) is 32.7 Å². The molecule has 0 saturated heterocycles. The van der Waals surface area contributed by atoms with Gasteiger partial charge in [0.25, 0.3) is 0 Å². The molecular weight excluding hydrogens is 290 g/mol. The Labute approximate surface area is 108 Å². The summed E-state index contributed by atoms with van der Waals surface area (Å²) in [7, 11) is 0. The predicted molar refractivity (Wildman–Crippen MR) is 69.6 cm³/mol. The first kappa shape index (κ1) is 13.7. The fourth-order valence-electron chi connectivity index (χ4n) is 1.49. The average Bonchev–Trinajstić information content (AvgIpc) is 2.55. The number of rotatable bonds is 5. The van der Waals surface area contributed by atoms with E-state index in [1.54, 1.807) is 18.3 Å². The molecule has 0 bridgehead atoms. The van der Waals surface area contributed by atoms with Gasteiger partial charge in [-0.3, -0.25) is 4.79 Å². The monoisotopic (exact) mass is 305 g/mol. The van der Waals surface area contributed by atoms with Crippen LogP contribution in [-0.2, 0) is 9.53 Å². The van der Waals surface area contributed by atoms with Crippen LogP contribution in [0.25, 0.3) is 0 Å². The predicted octanol–water partition coefficient (Wildman–Crippen LogP) is 3.16. The maximum atomic E-state index is 11.2. The molecule has 1 heterocycles. The number of carbonyl (C=O) groups excluding carboxylic acids is 1. The summed E-state index contributed by atoms with van der Waals surface area (Å²) in [4.78, 5) is 12.4. The van der Waals surface area contributed by atoms with Crippen molar-refractivity contribution in [1.29, 1.82) is 0 Å². The summed E-state index contributed by atoms with van der Waals surface area (Å²) in [5, 5.41) is 0. The van der Waals surface area contributed by atoms with Gasteiger partial charge in [0.2, 0.25) is 0 Å². The van der Waals surface area contributed by atoms with Gasteiger partial charge in [-0.1, -0.05) is 0 Å². The van der Waals surface area contributed by atoms with Crippen LogP contribution in [0, 0.1) is 6.92 Å². The Hall–Kier alpha value is -0.390. The molecule has 1 unspecified atom stereocenters. The Morgan fingerprint density at radius 3 is 2.88 bits per heavy atom. The third kappa shape index (κ3) is 3.88. The van der Waals surface area contributed by atoms with E-state index in [1.165, 1.54) is 4.88 Å². The number of hydrogen-bond donors (Lipinski definition) is 1. The van der Waals surface area contributed by atoms with Crippen molar-refractivity contribution in [2.75, 3.05) is 6.61 Å². The minimum atomic E-state index is -0.176. The Bertz CT molecular complexity index is 365. The molecule has 5 heteroatoms. The van der Waals surface area contributed by atoms with Crippen molar-refractivity contribution in [1.82, 2.24) is 0 Å². The van der Waals surface area contributed by atoms with Crippen LogP contribution in [0.4, 0.5) is 0 Å². The molecule has 0 aliphatic carbocycles. The number of halogens is 1. The summed E-state index contributed by atoms with van der Waals surface area (Å²) in [6.07, 6.45) is 1.00. The van der Waals surface area contributed by atoms with E-state index in [0.29, 0.717) is 19.4 Å². The number of thiophene rings is 1. The van der Waals surface area contributed by atoms with Gasteiger partial charge in [-0.15, -0.1) is 11.3 Å². The highest BCUT2D eigenvalue weighted by Crippen LogP contribution is 2.31. The van der Waals surface area contributed by atoms with Gasteiger partial charge in [0, 0.05) is 17.3 Å². The lowest BCUT2D eigenvalue weighted by atomic mass is 10.0. The first-order valence-corrected chi connectivity index (χ1v) is 6.82. The van der Waals surface area contributed by atoms with Gasteiger partial charge in [0.1, 0.15) is 0 Å². The maximum absolute atomic E-state index is 11.2. The first-order chi connectivity index (χ1) is 7.54. The zero-order chi connectivity index (χ0) is 12.1. The van der Waals surface area contributed by atoms with Crippen molar-refractivity contribution in [2.24, 2.45) is 5.73 Å². The topological polar surface area (TPSA) is 52.3 Å². The van der Waals surface area contributed by atoms with Gasteiger partial charge in [-0.05, 0) is 47.8 Å². The van der Waals surface area contributed by atoms with Gasteiger partial charge >= 0.3 is 5.97 Å². The highest BCUT2D eigenvalue weighted by atomic mass is 79.9. The van der Waals surface area contributed by atoms with E-state index in [4.69, 9.17) is 10.5 Å². The third-order valence-electron chi connectivity index (χ3n) is 2.29. The van der Waals surface area contributed by atoms with Crippen molar-refractivity contribution >= 4 is 33.2 Å². The number of nitrogens with two attached hydrogens (primary N) is 1. The SMILES string of the molecule is CCOC(=O)CCC(N)c1cc(Br)sc1C. The summed E-state index contributed by atoms with van der Waals surface area (Å²) < 4.78 is 5.94. The molecule has 0 saturated carbocycles. The van der Waals surface area contributed by atoms with Gasteiger partial charge in [-0.25, -0.2) is 0 Å². The number of esters is 1. The molecule has 1 atom stereocenters. The van der Waals surface area contributed by atoms with E-state index in [1.807, 2.05) is 13.0 Å². The summed E-state index contributed by atoms with van der Waals surface area (Å²) in [6, 6.07) is 1.93. The number of ether oxygens (including phenoxy) is 1. The molecule has 0 aromatic carbocycles. The standard InChI is InChI=1S/C11H16BrNO2S/c1-3-15-11(14)5-4-9(13)8-6-10(12)16-7(8)2/h6,9H,3-5,13H2,1-2H3. The highest BCUT2D eigenvalue weighted by molar-refractivity contribution is 9.11. The molecule has 1 aromatic rings. The van der Waals surface area contributed by atoms with Crippen LogP contribution in [0.2, 0.25) is 0 Å². The van der Waals surface area contributed by atoms with Crippen molar-refractivity contribution < 1.29 is 9.53 Å². The third-order valence-corrected chi connectivity index (χ3v) is 3.86. The van der Waals surface area contributed by atoms with Crippen molar-refractivity contribution in [3.8, 4) is 0 Å². The molecule has 0 fully saturated rings. The van der Waals surface area contributed by atoms with E-state index < -0.39 is 0 Å². The summed E-state index contributed by atoms with van der Waals surface area (Å²) in [5.41, 5.74) is 7.14. The normalized spacial score (nSPS) is 12.5. The molecule has 0 spiro atoms. The second-order valence-electron chi connectivity index (χ2n) is 3.51. The Morgan fingerprint density at radius 1 is 1.69 bits per heavy atom. The second kappa shape index (κ2) is 6.37. The molecule has 0 aliphatic rings. The molecule has 2 N–H and O–H groups in total. The summed E-state index contributed by atoms with van der Waals surface area (Å²) >= 11 is 5.09. The minimum absolute atomic E-state index is 0.0908. The lowest BCUT2D eigenvalue weighted by Crippen LogP contribution is -2.13. The first-order valence-electron chi connectivity index (χ1n) is 5.21. The van der Waals surface area contributed by atoms with Gasteiger partial charge < -0.3 is 10.5 Å². The van der Waals surface area contributed by atoms with Gasteiger partial charge in [0.15, 0.2) is 0 Å². The molecule has 0 amide bonds. The van der Waals surface area contributed by atoms with Gasteiger partial charge in [0.05, 0.1) is 10.4 Å². The van der Waals surface area contributed by atoms with Crippen LogP contribution in [0.1, 0.15) is 36.2 Å². The fourth-order valence-corrected chi connectivity index (χ4v) is 3.27. The van der Waals surface area contributed by atoms with E-state index in [0.717, 1.165) is 9.35 Å². The van der Waals surface area contributed by atoms with E-state index in [-0.39, 0.29) is 12.0 Å². The Kier molecular flexibility index (Phi) is 5.44. The largest absolute Gasteiger partial charge is 0.466 e. The number of aryl methyl sites for hydroxylation is 1. The quantitative estimate of drug-likeness (QED) is 0.850. The van der Waals surface area contributed by atoms with E-state index in [2.05, 4.69) is 15.9 Å². The van der Waals surface area contributed by atoms with Crippen molar-refractivity contribution in [3.05, 3.63) is 20.3 Å². The lowest BCUT2D eigenvalue weighted by molar-refractivity contribution is -0.143. The zero-order valence-electron chi connectivity index (χ0n) is 9.46. The fraction of sp³-hybridized carbons (Fsp3) is 0.545. The Balaban J connectivity index is 2.49. The molecule has 90 valence electrons. The molecule has 1 rings (SSSR count). The zero-order valence-corrected chi connectivity index (χ0v) is 11.9. The maximum Gasteiger partial charge on any atom is 0.305 e. The van der Waals surface area contributed by atoms with E-state index >= 15 is 0 Å². The highest BCUT2D eigenvalue weighted by Gasteiger charge is 2.14. The van der Waals surface area contributed by atoms with E-state index in [9.17, 15) is 4.79 Å². The van der Waals surface area contributed by atoms with Crippen LogP contribution < -0.4 is 5.73 Å². The van der Waals surface area contributed by atoms with Crippen LogP contribution in [0.15, 0.2) is 9.85 Å².